The Balaban J connectivity index is 1.23. The van der Waals surface area contributed by atoms with Gasteiger partial charge in [0.15, 0.2) is 17.3 Å². The van der Waals surface area contributed by atoms with Crippen LogP contribution in [0.5, 0.6) is 11.5 Å². The van der Waals surface area contributed by atoms with E-state index in [0.717, 1.165) is 10.5 Å². The highest BCUT2D eigenvalue weighted by Crippen LogP contribution is 2.34. The quantitative estimate of drug-likeness (QED) is 0.392. The summed E-state index contributed by atoms with van der Waals surface area (Å²) in [5.41, 5.74) is 0.942. The molecule has 0 radical (unpaired) electrons. The van der Waals surface area contributed by atoms with Crippen molar-refractivity contribution in [3.63, 3.8) is 0 Å². The molecule has 1 atom stereocenters. The Labute approximate surface area is 207 Å². The fourth-order valence-corrected chi connectivity index (χ4v) is 4.24. The van der Waals surface area contributed by atoms with E-state index in [-0.39, 0.29) is 19.1 Å². The fourth-order valence-electron chi connectivity index (χ4n) is 4.24. The van der Waals surface area contributed by atoms with E-state index in [9.17, 15) is 19.2 Å². The van der Waals surface area contributed by atoms with Crippen LogP contribution in [-0.2, 0) is 11.2 Å². The second-order valence-corrected chi connectivity index (χ2v) is 8.84. The number of carbonyl (C=O) groups is 4. The van der Waals surface area contributed by atoms with Crippen LogP contribution in [0.4, 0.5) is 10.5 Å². The van der Waals surface area contributed by atoms with Crippen molar-refractivity contribution >= 4 is 29.3 Å². The lowest BCUT2D eigenvalue weighted by Crippen LogP contribution is -2.46. The minimum absolute atomic E-state index is 0.141. The first-order valence-corrected chi connectivity index (χ1v) is 11.3. The van der Waals surface area contributed by atoms with Crippen molar-refractivity contribution in [1.82, 2.24) is 10.2 Å². The molecule has 5 rings (SSSR count). The molecule has 182 valence electrons. The zero-order valence-electron chi connectivity index (χ0n) is 19.4. The number of carbonyl (C=O) groups excluding carboxylic acids is 4. The number of amides is 4. The number of nitrogens with zero attached hydrogens (tertiary/aromatic N) is 1. The zero-order chi connectivity index (χ0) is 25.3. The van der Waals surface area contributed by atoms with Crippen LogP contribution in [0.25, 0.3) is 0 Å². The van der Waals surface area contributed by atoms with Gasteiger partial charge in [0, 0.05) is 23.2 Å². The maximum atomic E-state index is 13.1. The van der Waals surface area contributed by atoms with Gasteiger partial charge in [0.05, 0.1) is 6.54 Å². The number of benzene rings is 3. The molecule has 36 heavy (non-hydrogen) atoms. The summed E-state index contributed by atoms with van der Waals surface area (Å²) in [5.74, 6) is 0.0691. The number of ether oxygens (including phenoxy) is 2. The Hall–Kier alpha value is -4.66. The highest BCUT2D eigenvalue weighted by Gasteiger charge is 2.48. The van der Waals surface area contributed by atoms with E-state index in [1.165, 1.54) is 0 Å². The van der Waals surface area contributed by atoms with Gasteiger partial charge in [-0.25, -0.2) is 4.79 Å². The molecule has 1 saturated heterocycles. The number of urea groups is 1. The van der Waals surface area contributed by atoms with Gasteiger partial charge in [-0.1, -0.05) is 24.3 Å². The minimum atomic E-state index is -1.20. The van der Waals surface area contributed by atoms with Crippen molar-refractivity contribution in [3.05, 3.63) is 89.5 Å². The second kappa shape index (κ2) is 9.18. The second-order valence-electron chi connectivity index (χ2n) is 8.84. The van der Waals surface area contributed by atoms with Crippen LogP contribution in [-0.4, -0.2) is 47.4 Å². The van der Waals surface area contributed by atoms with Gasteiger partial charge in [-0.3, -0.25) is 19.3 Å². The summed E-state index contributed by atoms with van der Waals surface area (Å²) in [4.78, 5) is 51.8. The largest absolute Gasteiger partial charge is 0.454 e. The van der Waals surface area contributed by atoms with Crippen LogP contribution in [0.2, 0.25) is 0 Å². The number of imide groups is 1. The van der Waals surface area contributed by atoms with Gasteiger partial charge in [0.2, 0.25) is 6.79 Å². The Bertz CT molecular complexity index is 1360. The van der Waals surface area contributed by atoms with Crippen LogP contribution >= 0.6 is 0 Å². The Morgan fingerprint density at radius 3 is 2.42 bits per heavy atom. The van der Waals surface area contributed by atoms with Crippen LogP contribution in [0, 0.1) is 0 Å². The fraction of sp³-hybridized carbons (Fsp3) is 0.185. The summed E-state index contributed by atoms with van der Waals surface area (Å²) in [6, 6.07) is 19.8. The van der Waals surface area contributed by atoms with Gasteiger partial charge < -0.3 is 20.1 Å². The number of Topliss-reactive ketones (excluding diaryl/α,β-unsaturated/α-hetero) is 1. The summed E-state index contributed by atoms with van der Waals surface area (Å²) < 4.78 is 10.7. The Kier molecular flexibility index (Phi) is 5.89. The molecule has 0 spiro atoms. The van der Waals surface area contributed by atoms with E-state index >= 15 is 0 Å². The molecule has 1 fully saturated rings. The third-order valence-electron chi connectivity index (χ3n) is 6.14. The van der Waals surface area contributed by atoms with Crippen molar-refractivity contribution in [1.29, 1.82) is 0 Å². The number of hydrogen-bond donors (Lipinski definition) is 2. The van der Waals surface area contributed by atoms with Crippen LogP contribution < -0.4 is 20.1 Å². The molecule has 3 aromatic rings. The molecule has 2 aliphatic rings. The summed E-state index contributed by atoms with van der Waals surface area (Å²) >= 11 is 0. The van der Waals surface area contributed by atoms with Crippen LogP contribution in [0.15, 0.2) is 72.8 Å². The topological polar surface area (TPSA) is 114 Å². The third kappa shape index (κ3) is 4.50. The lowest BCUT2D eigenvalue weighted by molar-refractivity contribution is -0.130. The molecule has 9 heteroatoms. The minimum Gasteiger partial charge on any atom is -0.454 e. The highest BCUT2D eigenvalue weighted by atomic mass is 16.7. The lowest BCUT2D eigenvalue weighted by Gasteiger charge is -2.21. The van der Waals surface area contributed by atoms with E-state index in [1.807, 2.05) is 12.1 Å². The number of rotatable bonds is 7. The van der Waals surface area contributed by atoms with Gasteiger partial charge >= 0.3 is 6.03 Å². The SMILES string of the molecule is C[C@@]1(Cc2ccc3c(c2)OCO3)NC(=O)N(CC(=O)c2ccc(NC(=O)c3ccccc3)cc2)C1=O. The average molecular weight is 485 g/mol. The maximum absolute atomic E-state index is 13.1. The maximum Gasteiger partial charge on any atom is 0.325 e. The van der Waals surface area contributed by atoms with E-state index in [2.05, 4.69) is 10.6 Å². The monoisotopic (exact) mass is 485 g/mol. The lowest BCUT2D eigenvalue weighted by atomic mass is 9.92. The standard InChI is InChI=1S/C27H23N3O6/c1-27(14-17-7-12-22-23(13-17)36-16-35-22)25(33)30(26(34)29-27)15-21(31)18-8-10-20(11-9-18)28-24(32)19-5-3-2-4-6-19/h2-13H,14-16H2,1H3,(H,28,32)(H,29,34)/t27-/m0/s1. The first kappa shape index (κ1) is 23.1. The van der Waals surface area contributed by atoms with E-state index in [0.29, 0.717) is 28.3 Å². The molecule has 2 N–H and O–H groups in total. The molecule has 4 amide bonds. The van der Waals surface area contributed by atoms with Crippen molar-refractivity contribution < 1.29 is 28.7 Å². The van der Waals surface area contributed by atoms with Gasteiger partial charge in [0.1, 0.15) is 5.54 Å². The molecular formula is C27H23N3O6. The van der Waals surface area contributed by atoms with Gasteiger partial charge in [-0.05, 0) is 61.0 Å². The molecule has 2 aliphatic heterocycles. The molecule has 0 saturated carbocycles. The first-order valence-electron chi connectivity index (χ1n) is 11.3. The number of hydrogen-bond acceptors (Lipinski definition) is 6. The smallest absolute Gasteiger partial charge is 0.325 e. The number of anilines is 1. The third-order valence-corrected chi connectivity index (χ3v) is 6.14. The summed E-state index contributed by atoms with van der Waals surface area (Å²) in [7, 11) is 0. The summed E-state index contributed by atoms with van der Waals surface area (Å²) in [6.45, 7) is 1.38. The van der Waals surface area contributed by atoms with Crippen LogP contribution in [0.1, 0.15) is 33.2 Å². The van der Waals surface area contributed by atoms with Crippen molar-refractivity contribution in [3.8, 4) is 11.5 Å². The number of ketones is 1. The number of nitrogens with one attached hydrogen (secondary N) is 2. The van der Waals surface area contributed by atoms with Gasteiger partial charge in [0.25, 0.3) is 11.8 Å². The molecular weight excluding hydrogens is 462 g/mol. The molecule has 0 aromatic heterocycles. The Morgan fingerprint density at radius 2 is 1.67 bits per heavy atom. The van der Waals surface area contributed by atoms with Crippen LogP contribution in [0.3, 0.4) is 0 Å². The van der Waals surface area contributed by atoms with Gasteiger partial charge in [-0.15, -0.1) is 0 Å². The number of fused-ring (bicyclic) bond motifs is 1. The van der Waals surface area contributed by atoms with E-state index in [4.69, 9.17) is 9.47 Å². The van der Waals surface area contributed by atoms with Crippen molar-refractivity contribution in [2.75, 3.05) is 18.7 Å². The highest BCUT2D eigenvalue weighted by molar-refractivity contribution is 6.11. The average Bonchev–Trinajstić information content (AvgIpc) is 3.42. The molecule has 9 nitrogen and oxygen atoms in total. The van der Waals surface area contributed by atoms with E-state index < -0.39 is 29.8 Å². The van der Waals surface area contributed by atoms with Crippen molar-refractivity contribution in [2.24, 2.45) is 0 Å². The summed E-state index contributed by atoms with van der Waals surface area (Å²) in [5, 5.41) is 5.48. The Morgan fingerprint density at radius 1 is 0.944 bits per heavy atom. The molecule has 0 aliphatic carbocycles. The summed E-state index contributed by atoms with van der Waals surface area (Å²) in [6.07, 6.45) is 0.231. The molecule has 0 unspecified atom stereocenters. The molecule has 3 aromatic carbocycles. The molecule has 2 heterocycles. The van der Waals surface area contributed by atoms with Gasteiger partial charge in [-0.2, -0.15) is 0 Å². The zero-order valence-corrected chi connectivity index (χ0v) is 19.4. The predicted molar refractivity (Wildman–Crippen MR) is 130 cm³/mol. The molecule has 0 bridgehead atoms. The predicted octanol–water partition coefficient (Wildman–Crippen LogP) is 3.40. The normalized spacial score (nSPS) is 18.2. The first-order chi connectivity index (χ1) is 17.3. The van der Waals surface area contributed by atoms with Crippen molar-refractivity contribution in [2.45, 2.75) is 18.9 Å². The van der Waals surface area contributed by atoms with E-state index in [1.54, 1.807) is 67.6 Å².